The fraction of sp³-hybridized carbons (Fsp3) is 0.263. The highest BCUT2D eigenvalue weighted by atomic mass is 16.5. The molecule has 2 aromatic carbocycles. The van der Waals surface area contributed by atoms with E-state index in [1.54, 1.807) is 7.11 Å². The summed E-state index contributed by atoms with van der Waals surface area (Å²) in [7, 11) is 1.64. The van der Waals surface area contributed by atoms with Crippen molar-refractivity contribution in [2.24, 2.45) is 4.99 Å². The number of nitrogens with zero attached hydrogens (tertiary/aromatic N) is 1. The van der Waals surface area contributed by atoms with Gasteiger partial charge >= 0.3 is 0 Å². The van der Waals surface area contributed by atoms with Crippen LogP contribution in [0.1, 0.15) is 36.0 Å². The zero-order valence-electron chi connectivity index (χ0n) is 13.4. The number of carbonyl (C=O) groups excluding carboxylic acids is 1. The number of fused-ring (bicyclic) bond motifs is 1. The Kier molecular flexibility index (Phi) is 4.42. The number of benzene rings is 2. The van der Waals surface area contributed by atoms with Crippen molar-refractivity contribution in [2.45, 2.75) is 25.8 Å². The minimum atomic E-state index is -0.178. The number of amides is 1. The summed E-state index contributed by atoms with van der Waals surface area (Å²) in [4.78, 5) is 16.9. The first-order valence-electron chi connectivity index (χ1n) is 7.79. The predicted octanol–water partition coefficient (Wildman–Crippen LogP) is 3.76. The van der Waals surface area contributed by atoms with Crippen LogP contribution in [-0.4, -0.2) is 19.2 Å². The molecule has 4 nitrogen and oxygen atoms in total. The first-order valence-corrected chi connectivity index (χ1v) is 7.79. The van der Waals surface area contributed by atoms with Gasteiger partial charge in [0.05, 0.1) is 19.6 Å². The molecule has 1 aliphatic rings. The van der Waals surface area contributed by atoms with Crippen LogP contribution in [0.3, 0.4) is 0 Å². The lowest BCUT2D eigenvalue weighted by Gasteiger charge is -2.16. The van der Waals surface area contributed by atoms with Crippen molar-refractivity contribution in [1.82, 2.24) is 0 Å². The third-order valence-electron chi connectivity index (χ3n) is 4.15. The van der Waals surface area contributed by atoms with Crippen molar-refractivity contribution < 1.29 is 9.53 Å². The fourth-order valence-electron chi connectivity index (χ4n) is 2.82. The maximum atomic E-state index is 12.6. The fourth-order valence-corrected chi connectivity index (χ4v) is 2.82. The van der Waals surface area contributed by atoms with Crippen molar-refractivity contribution in [1.29, 1.82) is 0 Å². The molecule has 3 rings (SSSR count). The van der Waals surface area contributed by atoms with Gasteiger partial charge in [-0.1, -0.05) is 25.1 Å². The zero-order valence-corrected chi connectivity index (χ0v) is 13.4. The van der Waals surface area contributed by atoms with Gasteiger partial charge in [-0.2, -0.15) is 0 Å². The van der Waals surface area contributed by atoms with E-state index in [0.29, 0.717) is 0 Å². The number of carbonyl (C=O) groups is 1. The van der Waals surface area contributed by atoms with E-state index in [1.165, 1.54) is 5.56 Å². The van der Waals surface area contributed by atoms with Crippen LogP contribution >= 0.6 is 0 Å². The lowest BCUT2D eigenvalue weighted by Crippen LogP contribution is -2.20. The summed E-state index contributed by atoms with van der Waals surface area (Å²) in [5.41, 5.74) is 4.09. The summed E-state index contributed by atoms with van der Waals surface area (Å²) < 4.78 is 5.17. The molecule has 0 saturated carbocycles. The van der Waals surface area contributed by atoms with Gasteiger partial charge in [-0.3, -0.25) is 9.79 Å². The molecule has 23 heavy (non-hydrogen) atoms. The van der Waals surface area contributed by atoms with Gasteiger partial charge in [0, 0.05) is 11.9 Å². The topological polar surface area (TPSA) is 50.7 Å². The Labute approximate surface area is 136 Å². The summed E-state index contributed by atoms with van der Waals surface area (Å²) in [6, 6.07) is 13.6. The minimum absolute atomic E-state index is 0.00699. The number of hydrogen-bond donors (Lipinski definition) is 1. The molecule has 0 spiro atoms. The molecule has 4 heteroatoms. The summed E-state index contributed by atoms with van der Waals surface area (Å²) in [5.74, 6) is 0.623. The molecule has 0 saturated heterocycles. The Morgan fingerprint density at radius 1 is 1.26 bits per heavy atom. The second-order valence-electron chi connectivity index (χ2n) is 5.61. The highest BCUT2D eigenvalue weighted by Crippen LogP contribution is 2.25. The molecule has 0 aromatic heterocycles. The Hall–Kier alpha value is -2.62. The van der Waals surface area contributed by atoms with Crippen LogP contribution in [-0.2, 0) is 11.3 Å². The second-order valence-corrected chi connectivity index (χ2v) is 5.61. The van der Waals surface area contributed by atoms with Gasteiger partial charge in [0.1, 0.15) is 5.75 Å². The molecule has 1 N–H and O–H groups in total. The molecule has 1 heterocycles. The number of methoxy groups -OCH3 is 1. The molecule has 1 aliphatic heterocycles. The van der Waals surface area contributed by atoms with Gasteiger partial charge in [-0.25, -0.2) is 0 Å². The summed E-state index contributed by atoms with van der Waals surface area (Å²) in [6.07, 6.45) is 2.59. The van der Waals surface area contributed by atoms with Crippen molar-refractivity contribution >= 4 is 17.8 Å². The van der Waals surface area contributed by atoms with E-state index in [9.17, 15) is 4.79 Å². The van der Waals surface area contributed by atoms with E-state index < -0.39 is 0 Å². The van der Waals surface area contributed by atoms with Crippen molar-refractivity contribution in [3.8, 4) is 5.75 Å². The number of ether oxygens (including phenoxy) is 1. The first-order chi connectivity index (χ1) is 11.2. The van der Waals surface area contributed by atoms with Crippen LogP contribution in [0.5, 0.6) is 5.75 Å². The van der Waals surface area contributed by atoms with Gasteiger partial charge in [0.2, 0.25) is 5.91 Å². The Bertz CT molecular complexity index is 736. The zero-order chi connectivity index (χ0) is 16.2. The maximum absolute atomic E-state index is 12.6. The molecule has 1 unspecified atom stereocenters. The van der Waals surface area contributed by atoms with Crippen LogP contribution in [0.2, 0.25) is 0 Å². The smallest absolute Gasteiger partial charge is 0.231 e. The molecule has 2 aromatic rings. The monoisotopic (exact) mass is 308 g/mol. The van der Waals surface area contributed by atoms with Crippen molar-refractivity contribution in [3.63, 3.8) is 0 Å². The summed E-state index contributed by atoms with van der Waals surface area (Å²) >= 11 is 0. The molecule has 1 amide bonds. The third-order valence-corrected chi connectivity index (χ3v) is 4.15. The maximum Gasteiger partial charge on any atom is 0.231 e. The average Bonchev–Trinajstić information content (AvgIpc) is 3.04. The number of hydrogen-bond acceptors (Lipinski definition) is 3. The van der Waals surface area contributed by atoms with E-state index in [2.05, 4.69) is 10.3 Å². The van der Waals surface area contributed by atoms with Gasteiger partial charge in [0.15, 0.2) is 0 Å². The third kappa shape index (κ3) is 3.26. The van der Waals surface area contributed by atoms with Crippen LogP contribution in [0.4, 0.5) is 5.69 Å². The van der Waals surface area contributed by atoms with Crippen LogP contribution in [0.25, 0.3) is 0 Å². The van der Waals surface area contributed by atoms with E-state index in [0.717, 1.165) is 35.5 Å². The highest BCUT2D eigenvalue weighted by Gasteiger charge is 2.19. The number of anilines is 1. The largest absolute Gasteiger partial charge is 0.497 e. The molecule has 0 radical (unpaired) electrons. The average molecular weight is 308 g/mol. The number of aliphatic imine (C=N–C) groups is 1. The quantitative estimate of drug-likeness (QED) is 0.914. The van der Waals surface area contributed by atoms with E-state index in [4.69, 9.17) is 4.74 Å². The lowest BCUT2D eigenvalue weighted by atomic mass is 9.95. The molecule has 118 valence electrons. The molecule has 0 aliphatic carbocycles. The Balaban J connectivity index is 1.75. The van der Waals surface area contributed by atoms with Gasteiger partial charge in [-0.15, -0.1) is 0 Å². The van der Waals surface area contributed by atoms with Gasteiger partial charge < -0.3 is 10.1 Å². The van der Waals surface area contributed by atoms with Gasteiger partial charge in [-0.05, 0) is 47.4 Å². The normalized spacial score (nSPS) is 13.5. The first kappa shape index (κ1) is 15.3. The van der Waals surface area contributed by atoms with E-state index >= 15 is 0 Å². The molecule has 0 fully saturated rings. The molecule has 0 bridgehead atoms. The Morgan fingerprint density at radius 2 is 2.04 bits per heavy atom. The number of rotatable bonds is 5. The Morgan fingerprint density at radius 3 is 2.74 bits per heavy atom. The molecular formula is C19H20N2O2. The number of nitrogens with one attached hydrogen (secondary N) is 1. The molecule has 1 atom stereocenters. The highest BCUT2D eigenvalue weighted by molar-refractivity contribution is 5.97. The predicted molar refractivity (Wildman–Crippen MR) is 92.4 cm³/mol. The standard InChI is InChI=1S/C19H20N2O2/c1-3-18(13-5-8-17(23-2)9-6-13)19(22)21-16-7-4-14-11-20-12-15(14)10-16/h4-10,12,18H,3,11H2,1-2H3,(H,21,22). The van der Waals surface area contributed by atoms with Gasteiger partial charge in [0.25, 0.3) is 0 Å². The molecular weight excluding hydrogens is 288 g/mol. The lowest BCUT2D eigenvalue weighted by molar-refractivity contribution is -0.117. The van der Waals surface area contributed by atoms with Crippen molar-refractivity contribution in [2.75, 3.05) is 12.4 Å². The van der Waals surface area contributed by atoms with Crippen LogP contribution in [0.15, 0.2) is 47.5 Å². The van der Waals surface area contributed by atoms with Crippen LogP contribution in [0, 0.1) is 0 Å². The SMILES string of the molecule is CCC(C(=O)Nc1ccc2c(c1)C=NC2)c1ccc(OC)cc1. The minimum Gasteiger partial charge on any atom is -0.497 e. The van der Waals surface area contributed by atoms with E-state index in [-0.39, 0.29) is 11.8 Å². The second kappa shape index (κ2) is 6.65. The summed E-state index contributed by atoms with van der Waals surface area (Å²) in [5, 5.41) is 3.02. The van der Waals surface area contributed by atoms with Crippen molar-refractivity contribution in [3.05, 3.63) is 59.2 Å². The van der Waals surface area contributed by atoms with Crippen LogP contribution < -0.4 is 10.1 Å². The summed E-state index contributed by atoms with van der Waals surface area (Å²) in [6.45, 7) is 2.75. The van der Waals surface area contributed by atoms with E-state index in [1.807, 2.05) is 55.6 Å².